The van der Waals surface area contributed by atoms with Crippen molar-refractivity contribution in [3.05, 3.63) is 29.8 Å². The number of nitrogens with zero attached hydrogens (tertiary/aromatic N) is 1. The minimum atomic E-state index is -0.386. The second-order valence-electron chi connectivity index (χ2n) is 6.67. The van der Waals surface area contributed by atoms with Crippen LogP contribution < -0.4 is 10.7 Å². The van der Waals surface area contributed by atoms with E-state index in [1.165, 1.54) is 6.42 Å². The molecule has 146 valence electrons. The van der Waals surface area contributed by atoms with Crippen molar-refractivity contribution < 1.29 is 19.1 Å². The average molecular weight is 373 g/mol. The lowest BCUT2D eigenvalue weighted by molar-refractivity contribution is -0.141. The van der Waals surface area contributed by atoms with E-state index in [1.807, 2.05) is 0 Å². The number of benzene rings is 1. The molecule has 0 heterocycles. The van der Waals surface area contributed by atoms with E-state index in [2.05, 4.69) is 15.8 Å². The molecule has 0 radical (unpaired) electrons. The number of rotatable bonds is 7. The van der Waals surface area contributed by atoms with Crippen LogP contribution in [-0.2, 0) is 14.3 Å². The largest absolute Gasteiger partial charge is 0.466 e. The number of hydrogen-bond acceptors (Lipinski definition) is 5. The predicted octanol–water partition coefficient (Wildman–Crippen LogP) is 3.26. The summed E-state index contributed by atoms with van der Waals surface area (Å²) in [6, 6.07) is 6.65. The first-order valence-electron chi connectivity index (χ1n) is 9.39. The third-order valence-electron chi connectivity index (χ3n) is 4.44. The van der Waals surface area contributed by atoms with Crippen LogP contribution in [0.3, 0.4) is 0 Å². The van der Waals surface area contributed by atoms with Crippen LogP contribution in [0.5, 0.6) is 0 Å². The summed E-state index contributed by atoms with van der Waals surface area (Å²) in [6.07, 6.45) is 5.32. The highest BCUT2D eigenvalue weighted by Crippen LogP contribution is 2.25. The van der Waals surface area contributed by atoms with Crippen LogP contribution in [0.15, 0.2) is 29.4 Å². The topological polar surface area (TPSA) is 96.9 Å². The zero-order valence-electron chi connectivity index (χ0n) is 15.9. The molecule has 1 aliphatic rings. The molecule has 0 aliphatic heterocycles. The molecule has 1 saturated carbocycles. The van der Waals surface area contributed by atoms with Crippen LogP contribution in [0.25, 0.3) is 0 Å². The van der Waals surface area contributed by atoms with E-state index < -0.39 is 0 Å². The molecule has 1 aliphatic carbocycles. The fourth-order valence-corrected chi connectivity index (χ4v) is 2.99. The van der Waals surface area contributed by atoms with Gasteiger partial charge in [-0.25, -0.2) is 5.43 Å². The zero-order valence-corrected chi connectivity index (χ0v) is 15.9. The Kier molecular flexibility index (Phi) is 7.98. The van der Waals surface area contributed by atoms with Crippen LogP contribution in [0.2, 0.25) is 0 Å². The highest BCUT2D eigenvalue weighted by molar-refractivity contribution is 6.00. The van der Waals surface area contributed by atoms with E-state index >= 15 is 0 Å². The van der Waals surface area contributed by atoms with Crippen molar-refractivity contribution >= 4 is 29.2 Å². The summed E-state index contributed by atoms with van der Waals surface area (Å²) in [5, 5.41) is 6.81. The molecule has 0 atom stereocenters. The molecule has 0 spiro atoms. The molecular formula is C20H27N3O4. The van der Waals surface area contributed by atoms with E-state index in [9.17, 15) is 14.4 Å². The number of carbonyl (C=O) groups excluding carboxylic acids is 3. The first-order valence-corrected chi connectivity index (χ1v) is 9.39. The van der Waals surface area contributed by atoms with Gasteiger partial charge < -0.3 is 10.1 Å². The Bertz CT molecular complexity index is 692. The van der Waals surface area contributed by atoms with E-state index in [0.29, 0.717) is 23.6 Å². The number of anilines is 1. The van der Waals surface area contributed by atoms with E-state index in [-0.39, 0.29) is 30.1 Å². The van der Waals surface area contributed by atoms with Gasteiger partial charge in [0.05, 0.1) is 13.0 Å². The number of ether oxygens (including phenoxy) is 1. The third kappa shape index (κ3) is 6.84. The highest BCUT2D eigenvalue weighted by Gasteiger charge is 2.21. The Labute approximate surface area is 159 Å². The summed E-state index contributed by atoms with van der Waals surface area (Å²) < 4.78 is 4.83. The standard InChI is InChI=1S/C20H27N3O4/c1-3-27-18(24)13-14(2)22-23-20(26)16-9-11-17(12-10-16)21-19(25)15-7-5-4-6-8-15/h9-12,15H,3-8,13H2,1-2H3,(H,21,25)(H,23,26). The number of hydrogen-bond donors (Lipinski definition) is 2. The van der Waals surface area contributed by atoms with Gasteiger partial charge in [0.2, 0.25) is 5.91 Å². The third-order valence-corrected chi connectivity index (χ3v) is 4.44. The van der Waals surface area contributed by atoms with Crippen molar-refractivity contribution in [2.45, 2.75) is 52.4 Å². The lowest BCUT2D eigenvalue weighted by Crippen LogP contribution is -2.24. The van der Waals surface area contributed by atoms with Gasteiger partial charge >= 0.3 is 5.97 Å². The van der Waals surface area contributed by atoms with Crippen LogP contribution in [-0.4, -0.2) is 30.1 Å². The lowest BCUT2D eigenvalue weighted by Gasteiger charge is -2.20. The van der Waals surface area contributed by atoms with Crippen LogP contribution in [0.1, 0.15) is 62.7 Å². The molecule has 27 heavy (non-hydrogen) atoms. The SMILES string of the molecule is CCOC(=O)CC(C)=NNC(=O)c1ccc(NC(=O)C2CCCCC2)cc1. The van der Waals surface area contributed by atoms with Crippen molar-refractivity contribution in [2.24, 2.45) is 11.0 Å². The molecular weight excluding hydrogens is 346 g/mol. The first-order chi connectivity index (χ1) is 13.0. The molecule has 2 rings (SSSR count). The van der Waals surface area contributed by atoms with Crippen LogP contribution in [0.4, 0.5) is 5.69 Å². The predicted molar refractivity (Wildman–Crippen MR) is 103 cm³/mol. The number of hydrazone groups is 1. The molecule has 2 amide bonds. The minimum Gasteiger partial charge on any atom is -0.466 e. The summed E-state index contributed by atoms with van der Waals surface area (Å²) in [4.78, 5) is 35.7. The monoisotopic (exact) mass is 373 g/mol. The molecule has 0 aromatic heterocycles. The summed E-state index contributed by atoms with van der Waals surface area (Å²) in [5.41, 5.74) is 3.95. The van der Waals surface area contributed by atoms with E-state index in [0.717, 1.165) is 25.7 Å². The van der Waals surface area contributed by atoms with Crippen LogP contribution >= 0.6 is 0 Å². The molecule has 7 heteroatoms. The Morgan fingerprint density at radius 2 is 1.78 bits per heavy atom. The van der Waals surface area contributed by atoms with Gasteiger partial charge in [0.1, 0.15) is 0 Å². The maximum atomic E-state index is 12.3. The molecule has 1 aromatic carbocycles. The van der Waals surface area contributed by atoms with Gasteiger partial charge in [-0.3, -0.25) is 14.4 Å². The molecule has 7 nitrogen and oxygen atoms in total. The van der Waals surface area contributed by atoms with Gasteiger partial charge in [-0.05, 0) is 51.0 Å². The summed E-state index contributed by atoms with van der Waals surface area (Å²) in [5.74, 6) is -0.640. The van der Waals surface area contributed by atoms with Gasteiger partial charge in [-0.1, -0.05) is 19.3 Å². The number of nitrogens with one attached hydrogen (secondary N) is 2. The molecule has 0 unspecified atom stereocenters. The summed E-state index contributed by atoms with van der Waals surface area (Å²) in [7, 11) is 0. The van der Waals surface area contributed by atoms with Crippen LogP contribution in [0, 0.1) is 5.92 Å². The molecule has 1 aromatic rings. The van der Waals surface area contributed by atoms with Gasteiger partial charge in [0, 0.05) is 22.9 Å². The Morgan fingerprint density at radius 1 is 1.11 bits per heavy atom. The quantitative estimate of drug-likeness (QED) is 0.435. The van der Waals surface area contributed by atoms with Crippen molar-refractivity contribution in [1.29, 1.82) is 0 Å². The molecule has 0 bridgehead atoms. The van der Waals surface area contributed by atoms with Gasteiger partial charge in [0.15, 0.2) is 0 Å². The van der Waals surface area contributed by atoms with E-state index in [4.69, 9.17) is 4.74 Å². The van der Waals surface area contributed by atoms with E-state index in [1.54, 1.807) is 38.1 Å². The first kappa shape index (κ1) is 20.6. The van der Waals surface area contributed by atoms with Gasteiger partial charge in [-0.15, -0.1) is 0 Å². The minimum absolute atomic E-state index is 0.0280. The zero-order chi connectivity index (χ0) is 19.6. The smallest absolute Gasteiger partial charge is 0.311 e. The molecule has 1 fully saturated rings. The van der Waals surface area contributed by atoms with Crippen molar-refractivity contribution in [3.63, 3.8) is 0 Å². The number of esters is 1. The summed E-state index contributed by atoms with van der Waals surface area (Å²) >= 11 is 0. The van der Waals surface area contributed by atoms with Gasteiger partial charge in [-0.2, -0.15) is 5.10 Å². The number of carbonyl (C=O) groups is 3. The highest BCUT2D eigenvalue weighted by atomic mass is 16.5. The molecule has 2 N–H and O–H groups in total. The number of amides is 2. The average Bonchev–Trinajstić information content (AvgIpc) is 2.67. The summed E-state index contributed by atoms with van der Waals surface area (Å²) in [6.45, 7) is 3.68. The molecule has 0 saturated heterocycles. The Balaban J connectivity index is 1.85. The fraction of sp³-hybridized carbons (Fsp3) is 0.500. The second kappa shape index (κ2) is 10.4. The van der Waals surface area contributed by atoms with Crippen molar-refractivity contribution in [3.8, 4) is 0 Å². The van der Waals surface area contributed by atoms with Crippen molar-refractivity contribution in [1.82, 2.24) is 5.43 Å². The Morgan fingerprint density at radius 3 is 2.41 bits per heavy atom. The van der Waals surface area contributed by atoms with Crippen molar-refractivity contribution in [2.75, 3.05) is 11.9 Å². The Hall–Kier alpha value is -2.70. The maximum absolute atomic E-state index is 12.3. The maximum Gasteiger partial charge on any atom is 0.311 e. The normalized spacial score (nSPS) is 15.1. The van der Waals surface area contributed by atoms with Gasteiger partial charge in [0.25, 0.3) is 5.91 Å². The lowest BCUT2D eigenvalue weighted by atomic mass is 9.88. The second-order valence-corrected chi connectivity index (χ2v) is 6.67. The fourth-order valence-electron chi connectivity index (χ4n) is 2.99.